The molecule has 1 spiro atoms. The van der Waals surface area contributed by atoms with Crippen LogP contribution in [0.15, 0.2) is 54.6 Å². The van der Waals surface area contributed by atoms with Crippen molar-refractivity contribution in [1.29, 1.82) is 0 Å². The fourth-order valence-electron chi connectivity index (χ4n) is 7.04. The lowest BCUT2D eigenvalue weighted by atomic mass is 9.78. The third-order valence-corrected chi connectivity index (χ3v) is 10.7. The second-order valence-electron chi connectivity index (χ2n) is 11.7. The fraction of sp³-hybridized carbons (Fsp3) is 0.581. The van der Waals surface area contributed by atoms with Crippen molar-refractivity contribution in [3.63, 3.8) is 0 Å². The van der Waals surface area contributed by atoms with E-state index in [1.54, 1.807) is 16.7 Å². The summed E-state index contributed by atoms with van der Waals surface area (Å²) >= 11 is 1.60. The number of carbonyl (C=O) groups is 3. The smallest absolute Gasteiger partial charge is 0.247 e. The van der Waals surface area contributed by atoms with Gasteiger partial charge in [-0.25, -0.2) is 0 Å². The molecule has 5 rings (SSSR count). The molecule has 39 heavy (non-hydrogen) atoms. The predicted molar refractivity (Wildman–Crippen MR) is 154 cm³/mol. The van der Waals surface area contributed by atoms with Crippen LogP contribution in [-0.4, -0.2) is 85.3 Å². The average molecular weight is 552 g/mol. The molecule has 7 atom stereocenters. The molecule has 1 N–H and O–H groups in total. The zero-order chi connectivity index (χ0) is 27.9. The van der Waals surface area contributed by atoms with Crippen LogP contribution < -0.4 is 0 Å². The number of aliphatic hydroxyl groups is 1. The molecule has 4 heterocycles. The lowest BCUT2D eigenvalue weighted by Crippen LogP contribution is -2.58. The maximum absolute atomic E-state index is 14.5. The van der Waals surface area contributed by atoms with Gasteiger partial charge in [-0.15, -0.1) is 11.8 Å². The highest BCUT2D eigenvalue weighted by Crippen LogP contribution is 2.61. The summed E-state index contributed by atoms with van der Waals surface area (Å²) < 4.78 is -0.859. The second kappa shape index (κ2) is 11.1. The standard InChI is InChI=1S/C31H41N3O4S/c1-5-11-21(4)33-17-10-15-31-26(29(37)34(27(31)30(33)38)23(19-35)20(2)3)25-24(39-31)14-9-16-32(28(25)36)18-22-12-7-6-8-13-22/h6-10,12-15,20-21,23-27,35H,5,11,16-19H2,1-4H3/t21?,23-,24-,25+,26-,27?,31-/m0/s1. The van der Waals surface area contributed by atoms with E-state index >= 15 is 0 Å². The molecule has 0 radical (unpaired) electrons. The number of likely N-dealkylation sites (tertiary alicyclic amines) is 1. The first-order valence-electron chi connectivity index (χ1n) is 14.3. The van der Waals surface area contributed by atoms with E-state index < -0.39 is 28.7 Å². The molecule has 7 nitrogen and oxygen atoms in total. The first-order valence-corrected chi connectivity index (χ1v) is 15.2. The molecule has 2 fully saturated rings. The van der Waals surface area contributed by atoms with E-state index in [0.29, 0.717) is 19.6 Å². The molecule has 1 aromatic carbocycles. The molecule has 8 heteroatoms. The molecule has 2 saturated heterocycles. The van der Waals surface area contributed by atoms with Gasteiger partial charge in [0.1, 0.15) is 6.04 Å². The summed E-state index contributed by atoms with van der Waals surface area (Å²) in [5.41, 5.74) is 1.04. The van der Waals surface area contributed by atoms with Crippen LogP contribution in [0.5, 0.6) is 0 Å². The van der Waals surface area contributed by atoms with Gasteiger partial charge in [0.05, 0.1) is 29.2 Å². The summed E-state index contributed by atoms with van der Waals surface area (Å²) in [7, 11) is 0. The van der Waals surface area contributed by atoms with Crippen molar-refractivity contribution < 1.29 is 19.5 Å². The van der Waals surface area contributed by atoms with Gasteiger partial charge in [0.15, 0.2) is 0 Å². The largest absolute Gasteiger partial charge is 0.394 e. The minimum atomic E-state index is -0.859. The molecule has 3 amide bonds. The van der Waals surface area contributed by atoms with Crippen LogP contribution in [0.25, 0.3) is 0 Å². The molecule has 0 saturated carbocycles. The minimum Gasteiger partial charge on any atom is -0.394 e. The van der Waals surface area contributed by atoms with E-state index in [1.165, 1.54) is 0 Å². The van der Waals surface area contributed by atoms with Crippen molar-refractivity contribution in [2.75, 3.05) is 19.7 Å². The summed E-state index contributed by atoms with van der Waals surface area (Å²) in [6, 6.07) is 8.69. The van der Waals surface area contributed by atoms with Gasteiger partial charge in [-0.1, -0.05) is 81.8 Å². The number of hydrogen-bond donors (Lipinski definition) is 1. The molecule has 4 aliphatic heterocycles. The number of thioether (sulfide) groups is 1. The van der Waals surface area contributed by atoms with E-state index in [1.807, 2.05) is 66.1 Å². The van der Waals surface area contributed by atoms with Crippen LogP contribution in [0.4, 0.5) is 0 Å². The lowest BCUT2D eigenvalue weighted by Gasteiger charge is -2.41. The number of fused-ring (bicyclic) bond motifs is 2. The van der Waals surface area contributed by atoms with Gasteiger partial charge in [-0.05, 0) is 24.8 Å². The molecule has 2 unspecified atom stereocenters. The van der Waals surface area contributed by atoms with E-state index in [9.17, 15) is 19.5 Å². The number of benzene rings is 1. The first kappa shape index (κ1) is 28.0. The number of aliphatic hydroxyl groups excluding tert-OH is 1. The van der Waals surface area contributed by atoms with Crippen molar-refractivity contribution in [2.24, 2.45) is 17.8 Å². The normalized spacial score (nSPS) is 31.7. The summed E-state index contributed by atoms with van der Waals surface area (Å²) in [5.74, 6) is -1.57. The average Bonchev–Trinajstić information content (AvgIpc) is 3.23. The van der Waals surface area contributed by atoms with Crippen molar-refractivity contribution in [2.45, 2.75) is 75.2 Å². The second-order valence-corrected chi connectivity index (χ2v) is 13.2. The van der Waals surface area contributed by atoms with Crippen LogP contribution in [0.3, 0.4) is 0 Å². The maximum atomic E-state index is 14.5. The maximum Gasteiger partial charge on any atom is 0.247 e. The quantitative estimate of drug-likeness (QED) is 0.501. The van der Waals surface area contributed by atoms with Crippen LogP contribution in [0.1, 0.15) is 46.1 Å². The van der Waals surface area contributed by atoms with E-state index in [0.717, 1.165) is 18.4 Å². The number of carbonyl (C=O) groups excluding carboxylic acids is 3. The summed E-state index contributed by atoms with van der Waals surface area (Å²) in [4.78, 5) is 48.5. The monoisotopic (exact) mass is 551 g/mol. The van der Waals surface area contributed by atoms with Gasteiger partial charge in [-0.2, -0.15) is 0 Å². The van der Waals surface area contributed by atoms with Gasteiger partial charge >= 0.3 is 0 Å². The zero-order valence-corrected chi connectivity index (χ0v) is 24.2. The summed E-state index contributed by atoms with van der Waals surface area (Å²) in [6.07, 6.45) is 10.0. The molecule has 0 aliphatic carbocycles. The van der Waals surface area contributed by atoms with Crippen LogP contribution in [0, 0.1) is 17.8 Å². The van der Waals surface area contributed by atoms with Gasteiger partial charge in [0.25, 0.3) is 0 Å². The highest BCUT2D eigenvalue weighted by Gasteiger charge is 2.72. The molecular weight excluding hydrogens is 510 g/mol. The first-order chi connectivity index (χ1) is 18.7. The molecule has 1 aromatic rings. The number of rotatable bonds is 8. The summed E-state index contributed by atoms with van der Waals surface area (Å²) in [5, 5.41) is 10.3. The van der Waals surface area contributed by atoms with Gasteiger partial charge in [0, 0.05) is 30.9 Å². The van der Waals surface area contributed by atoms with E-state index in [4.69, 9.17) is 0 Å². The Balaban J connectivity index is 1.58. The molecule has 0 bridgehead atoms. The highest BCUT2D eigenvalue weighted by molar-refractivity contribution is 8.02. The van der Waals surface area contributed by atoms with Crippen molar-refractivity contribution in [1.82, 2.24) is 14.7 Å². The van der Waals surface area contributed by atoms with Crippen molar-refractivity contribution in [3.05, 3.63) is 60.2 Å². The Labute approximate surface area is 236 Å². The van der Waals surface area contributed by atoms with Crippen molar-refractivity contribution >= 4 is 29.5 Å². The number of nitrogens with zero attached hydrogens (tertiary/aromatic N) is 3. The Kier molecular flexibility index (Phi) is 7.98. The van der Waals surface area contributed by atoms with Gasteiger partial charge in [-0.3, -0.25) is 14.4 Å². The highest BCUT2D eigenvalue weighted by atomic mass is 32.2. The van der Waals surface area contributed by atoms with E-state index in [-0.39, 0.29) is 41.5 Å². The Morgan fingerprint density at radius 3 is 2.44 bits per heavy atom. The Morgan fingerprint density at radius 1 is 1.03 bits per heavy atom. The van der Waals surface area contributed by atoms with Gasteiger partial charge < -0.3 is 19.8 Å². The van der Waals surface area contributed by atoms with Crippen molar-refractivity contribution in [3.8, 4) is 0 Å². The van der Waals surface area contributed by atoms with Gasteiger partial charge in [0.2, 0.25) is 17.7 Å². The molecule has 4 aliphatic rings. The SMILES string of the molecule is CCCC(C)N1CC=C[C@]23S[C@H]4C=CCN(Cc5ccccc5)C(=O)[C@H]4[C@H]2C(=O)N([C@@H](CO)C(C)C)C3C1=O. The summed E-state index contributed by atoms with van der Waals surface area (Å²) in [6.45, 7) is 9.34. The zero-order valence-electron chi connectivity index (χ0n) is 23.4. The fourth-order valence-corrected chi connectivity index (χ4v) is 9.03. The third-order valence-electron chi connectivity index (χ3n) is 8.98. The Hall–Kier alpha value is -2.58. The van der Waals surface area contributed by atoms with E-state index in [2.05, 4.69) is 26.0 Å². The minimum absolute atomic E-state index is 0.0321. The third kappa shape index (κ3) is 4.63. The predicted octanol–water partition coefficient (Wildman–Crippen LogP) is 3.49. The number of hydrogen-bond acceptors (Lipinski definition) is 5. The molecular formula is C31H41N3O4S. The lowest BCUT2D eigenvalue weighted by molar-refractivity contribution is -0.148. The Bertz CT molecular complexity index is 1150. The molecule has 210 valence electrons. The van der Waals surface area contributed by atoms with Crippen LogP contribution in [0.2, 0.25) is 0 Å². The number of amides is 3. The molecule has 0 aromatic heterocycles. The van der Waals surface area contributed by atoms with Crippen LogP contribution in [-0.2, 0) is 20.9 Å². The topological polar surface area (TPSA) is 81.2 Å². The Morgan fingerprint density at radius 2 is 1.77 bits per heavy atom. The van der Waals surface area contributed by atoms with Crippen LogP contribution >= 0.6 is 11.8 Å².